The molecule has 0 fully saturated rings. The molecule has 0 bridgehead atoms. The molecule has 0 saturated carbocycles. The minimum Gasteiger partial charge on any atom is -0.476 e. The number of carboxylic acids is 1. The number of aliphatic hydroxyl groups excluding tert-OH is 1. The van der Waals surface area contributed by atoms with Gasteiger partial charge in [0.25, 0.3) is 0 Å². The first kappa shape index (κ1) is 13.6. The number of aromatic carboxylic acids is 1. The zero-order chi connectivity index (χ0) is 13.8. The second-order valence-electron chi connectivity index (χ2n) is 3.93. The fraction of sp³-hybridized carbons (Fsp3) is 0.231. The van der Waals surface area contributed by atoms with Crippen LogP contribution in [-0.2, 0) is 6.42 Å². The van der Waals surface area contributed by atoms with Crippen molar-refractivity contribution >= 4 is 17.7 Å². The van der Waals surface area contributed by atoms with Crippen LogP contribution >= 0.6 is 11.8 Å². The van der Waals surface area contributed by atoms with E-state index in [-0.39, 0.29) is 18.7 Å². The van der Waals surface area contributed by atoms with Gasteiger partial charge in [0.15, 0.2) is 5.69 Å². The maximum atomic E-state index is 11.1. The minimum atomic E-state index is -1.08. The number of hydrogen-bond acceptors (Lipinski definition) is 4. The second kappa shape index (κ2) is 5.90. The first-order chi connectivity index (χ1) is 9.15. The molecule has 1 aromatic carbocycles. The van der Waals surface area contributed by atoms with Crippen LogP contribution in [0.3, 0.4) is 0 Å². The summed E-state index contributed by atoms with van der Waals surface area (Å²) in [5.74, 6) is -1.08. The van der Waals surface area contributed by atoms with Crippen LogP contribution in [0, 0.1) is 0 Å². The van der Waals surface area contributed by atoms with E-state index in [0.29, 0.717) is 5.56 Å². The maximum absolute atomic E-state index is 11.1. The van der Waals surface area contributed by atoms with Crippen molar-refractivity contribution in [2.45, 2.75) is 11.3 Å². The molecule has 100 valence electrons. The maximum Gasteiger partial charge on any atom is 0.356 e. The number of carboxylic acid groups (broad SMARTS) is 1. The Morgan fingerprint density at radius 1 is 1.47 bits per heavy atom. The predicted molar refractivity (Wildman–Crippen MR) is 73.1 cm³/mol. The minimum absolute atomic E-state index is 0.0106. The molecule has 2 rings (SSSR count). The summed E-state index contributed by atoms with van der Waals surface area (Å²) in [6.45, 7) is -0.100. The summed E-state index contributed by atoms with van der Waals surface area (Å²) >= 11 is 1.61. The molecule has 2 N–H and O–H groups in total. The standard InChI is InChI=1S/C13H14N2O3S/c1-19-11-4-2-3-10(7-11)15-8-9(5-6-16)12(14-15)13(17)18/h2-4,7-8,16H,5-6H2,1H3,(H,17,18). The van der Waals surface area contributed by atoms with E-state index in [0.717, 1.165) is 10.6 Å². The Labute approximate surface area is 114 Å². The van der Waals surface area contributed by atoms with Gasteiger partial charge in [-0.2, -0.15) is 5.10 Å². The lowest BCUT2D eigenvalue weighted by Gasteiger charge is -2.02. The van der Waals surface area contributed by atoms with Gasteiger partial charge in [0, 0.05) is 23.3 Å². The van der Waals surface area contributed by atoms with Gasteiger partial charge in [-0.05, 0) is 30.9 Å². The van der Waals surface area contributed by atoms with E-state index in [2.05, 4.69) is 5.10 Å². The van der Waals surface area contributed by atoms with E-state index in [1.807, 2.05) is 30.5 Å². The third kappa shape index (κ3) is 2.97. The van der Waals surface area contributed by atoms with E-state index >= 15 is 0 Å². The van der Waals surface area contributed by atoms with Gasteiger partial charge >= 0.3 is 5.97 Å². The predicted octanol–water partition coefficient (Wildman–Crippen LogP) is 1.83. The van der Waals surface area contributed by atoms with Gasteiger partial charge < -0.3 is 10.2 Å². The molecule has 1 heterocycles. The summed E-state index contributed by atoms with van der Waals surface area (Å²) < 4.78 is 1.54. The molecule has 0 atom stereocenters. The molecular weight excluding hydrogens is 264 g/mol. The van der Waals surface area contributed by atoms with Crippen LogP contribution in [0.4, 0.5) is 0 Å². The Balaban J connectivity index is 2.44. The van der Waals surface area contributed by atoms with Crippen LogP contribution in [0.15, 0.2) is 35.4 Å². The molecule has 0 amide bonds. The summed E-state index contributed by atoms with van der Waals surface area (Å²) in [7, 11) is 0. The SMILES string of the molecule is CSc1cccc(-n2cc(CCO)c(C(=O)O)n2)c1. The van der Waals surface area contributed by atoms with Crippen molar-refractivity contribution in [2.75, 3.05) is 12.9 Å². The number of carbonyl (C=O) groups is 1. The van der Waals surface area contributed by atoms with Crippen molar-refractivity contribution in [1.82, 2.24) is 9.78 Å². The second-order valence-corrected chi connectivity index (χ2v) is 4.81. The smallest absolute Gasteiger partial charge is 0.356 e. The number of aliphatic hydroxyl groups is 1. The topological polar surface area (TPSA) is 75.4 Å². The lowest BCUT2D eigenvalue weighted by atomic mass is 10.2. The molecule has 0 aliphatic heterocycles. The largest absolute Gasteiger partial charge is 0.476 e. The highest BCUT2D eigenvalue weighted by Gasteiger charge is 2.16. The fourth-order valence-corrected chi connectivity index (χ4v) is 2.23. The zero-order valence-corrected chi connectivity index (χ0v) is 11.2. The Morgan fingerprint density at radius 2 is 2.26 bits per heavy atom. The molecule has 0 aliphatic rings. The van der Waals surface area contributed by atoms with Crippen molar-refractivity contribution in [1.29, 1.82) is 0 Å². The van der Waals surface area contributed by atoms with E-state index in [1.165, 1.54) is 4.68 Å². The molecule has 0 saturated heterocycles. The van der Waals surface area contributed by atoms with Crippen LogP contribution in [-0.4, -0.2) is 38.8 Å². The van der Waals surface area contributed by atoms with Crippen LogP contribution in [0.25, 0.3) is 5.69 Å². The van der Waals surface area contributed by atoms with Crippen molar-refractivity contribution in [3.63, 3.8) is 0 Å². The van der Waals surface area contributed by atoms with E-state index in [9.17, 15) is 4.79 Å². The number of nitrogens with zero attached hydrogens (tertiary/aromatic N) is 2. The summed E-state index contributed by atoms with van der Waals surface area (Å²) in [6.07, 6.45) is 3.91. The molecule has 6 heteroatoms. The lowest BCUT2D eigenvalue weighted by Crippen LogP contribution is -2.03. The van der Waals surface area contributed by atoms with Gasteiger partial charge in [-0.3, -0.25) is 0 Å². The fourth-order valence-electron chi connectivity index (χ4n) is 1.78. The third-order valence-corrected chi connectivity index (χ3v) is 3.42. The number of hydrogen-bond donors (Lipinski definition) is 2. The molecule has 0 radical (unpaired) electrons. The van der Waals surface area contributed by atoms with Gasteiger partial charge in [0.2, 0.25) is 0 Å². The Morgan fingerprint density at radius 3 is 2.89 bits per heavy atom. The zero-order valence-electron chi connectivity index (χ0n) is 10.4. The lowest BCUT2D eigenvalue weighted by molar-refractivity contribution is 0.0688. The molecule has 5 nitrogen and oxygen atoms in total. The van der Waals surface area contributed by atoms with Crippen LogP contribution in [0.1, 0.15) is 16.1 Å². The van der Waals surface area contributed by atoms with Crippen LogP contribution < -0.4 is 0 Å². The van der Waals surface area contributed by atoms with Crippen molar-refractivity contribution in [2.24, 2.45) is 0 Å². The number of benzene rings is 1. The van der Waals surface area contributed by atoms with Crippen LogP contribution in [0.5, 0.6) is 0 Å². The van der Waals surface area contributed by atoms with Crippen molar-refractivity contribution in [3.05, 3.63) is 41.7 Å². The molecule has 0 unspecified atom stereocenters. The monoisotopic (exact) mass is 278 g/mol. The average molecular weight is 278 g/mol. The van der Waals surface area contributed by atoms with E-state index in [4.69, 9.17) is 10.2 Å². The van der Waals surface area contributed by atoms with Gasteiger partial charge in [-0.15, -0.1) is 11.8 Å². The highest BCUT2D eigenvalue weighted by atomic mass is 32.2. The average Bonchev–Trinajstić information content (AvgIpc) is 2.83. The highest BCUT2D eigenvalue weighted by molar-refractivity contribution is 7.98. The summed E-state index contributed by atoms with van der Waals surface area (Å²) in [6, 6.07) is 7.67. The van der Waals surface area contributed by atoms with Gasteiger partial charge in [0.05, 0.1) is 5.69 Å². The number of aromatic nitrogens is 2. The van der Waals surface area contributed by atoms with Gasteiger partial charge in [-0.25, -0.2) is 9.48 Å². The summed E-state index contributed by atoms with van der Waals surface area (Å²) in [5.41, 5.74) is 1.33. The Hall–Kier alpha value is -1.79. The normalized spacial score (nSPS) is 10.6. The van der Waals surface area contributed by atoms with Crippen LogP contribution in [0.2, 0.25) is 0 Å². The molecule has 1 aromatic heterocycles. The number of thioether (sulfide) groups is 1. The molecule has 0 spiro atoms. The summed E-state index contributed by atoms with van der Waals surface area (Å²) in [5, 5.41) is 22.1. The first-order valence-corrected chi connectivity index (χ1v) is 6.95. The molecular formula is C13H14N2O3S. The van der Waals surface area contributed by atoms with E-state index < -0.39 is 5.97 Å². The molecule has 19 heavy (non-hydrogen) atoms. The Kier molecular flexibility index (Phi) is 4.24. The number of rotatable bonds is 5. The van der Waals surface area contributed by atoms with Gasteiger partial charge in [0.1, 0.15) is 0 Å². The quantitative estimate of drug-likeness (QED) is 0.816. The first-order valence-electron chi connectivity index (χ1n) is 5.73. The van der Waals surface area contributed by atoms with Crippen molar-refractivity contribution < 1.29 is 15.0 Å². The van der Waals surface area contributed by atoms with Crippen molar-refractivity contribution in [3.8, 4) is 5.69 Å². The van der Waals surface area contributed by atoms with E-state index in [1.54, 1.807) is 18.0 Å². The van der Waals surface area contributed by atoms with Gasteiger partial charge in [-0.1, -0.05) is 6.07 Å². The third-order valence-electron chi connectivity index (χ3n) is 2.69. The highest BCUT2D eigenvalue weighted by Crippen LogP contribution is 2.19. The Bertz CT molecular complexity index is 595. The molecule has 0 aliphatic carbocycles. The molecule has 2 aromatic rings. The summed E-state index contributed by atoms with van der Waals surface area (Å²) in [4.78, 5) is 12.2.